The van der Waals surface area contributed by atoms with E-state index in [1.54, 1.807) is 30.3 Å². The standard InChI is InChI=1S/C20H14ClN3O2S/c1-12-5-7-13(8-6-12)18-23-20(26-24-18)17-16(9-10-27-17)22-19(25)14-3-2-4-15(21)11-14/h2-11H,1H3,(H,22,25). The number of thiophene rings is 1. The second-order valence-corrected chi connectivity index (χ2v) is 7.27. The van der Waals surface area contributed by atoms with Crippen molar-refractivity contribution in [2.24, 2.45) is 0 Å². The van der Waals surface area contributed by atoms with E-state index in [4.69, 9.17) is 16.1 Å². The van der Waals surface area contributed by atoms with Crippen LogP contribution in [0.15, 0.2) is 64.5 Å². The average Bonchev–Trinajstić information content (AvgIpc) is 3.31. The number of anilines is 1. The SMILES string of the molecule is Cc1ccc(-c2noc(-c3sccc3NC(=O)c3cccc(Cl)c3)n2)cc1. The van der Waals surface area contributed by atoms with Crippen molar-refractivity contribution in [3.63, 3.8) is 0 Å². The number of nitrogens with one attached hydrogen (secondary N) is 1. The highest BCUT2D eigenvalue weighted by Crippen LogP contribution is 2.34. The van der Waals surface area contributed by atoms with Crippen LogP contribution in [0.3, 0.4) is 0 Å². The summed E-state index contributed by atoms with van der Waals surface area (Å²) in [6, 6.07) is 16.5. The van der Waals surface area contributed by atoms with Gasteiger partial charge in [-0.05, 0) is 36.6 Å². The number of hydrogen-bond acceptors (Lipinski definition) is 5. The summed E-state index contributed by atoms with van der Waals surface area (Å²) in [5.41, 5.74) is 3.12. The molecule has 0 unspecified atom stereocenters. The van der Waals surface area contributed by atoms with Gasteiger partial charge in [-0.1, -0.05) is 52.7 Å². The van der Waals surface area contributed by atoms with Gasteiger partial charge >= 0.3 is 0 Å². The summed E-state index contributed by atoms with van der Waals surface area (Å²) < 4.78 is 5.42. The molecule has 0 saturated carbocycles. The largest absolute Gasteiger partial charge is 0.333 e. The predicted octanol–water partition coefficient (Wildman–Crippen LogP) is 5.68. The van der Waals surface area contributed by atoms with Crippen LogP contribution < -0.4 is 5.32 Å². The molecule has 7 heteroatoms. The van der Waals surface area contributed by atoms with Crippen molar-refractivity contribution in [3.05, 3.63) is 76.1 Å². The van der Waals surface area contributed by atoms with Gasteiger partial charge in [-0.25, -0.2) is 0 Å². The van der Waals surface area contributed by atoms with Crippen LogP contribution in [0.4, 0.5) is 5.69 Å². The Morgan fingerprint density at radius 2 is 1.96 bits per heavy atom. The van der Waals surface area contributed by atoms with Crippen molar-refractivity contribution in [3.8, 4) is 22.2 Å². The molecule has 0 fully saturated rings. The van der Waals surface area contributed by atoms with Crippen LogP contribution in [0, 0.1) is 6.92 Å². The lowest BCUT2D eigenvalue weighted by Gasteiger charge is -2.05. The molecule has 0 bridgehead atoms. The quantitative estimate of drug-likeness (QED) is 0.482. The minimum atomic E-state index is -0.254. The molecule has 4 rings (SSSR count). The minimum absolute atomic E-state index is 0.254. The van der Waals surface area contributed by atoms with Crippen molar-refractivity contribution in [2.75, 3.05) is 5.32 Å². The van der Waals surface area contributed by atoms with Gasteiger partial charge in [0.05, 0.1) is 5.69 Å². The van der Waals surface area contributed by atoms with Crippen LogP contribution in [0.1, 0.15) is 15.9 Å². The number of nitrogens with zero attached hydrogens (tertiary/aromatic N) is 2. The molecule has 27 heavy (non-hydrogen) atoms. The van der Waals surface area contributed by atoms with Crippen LogP contribution in [-0.2, 0) is 0 Å². The van der Waals surface area contributed by atoms with Crippen LogP contribution in [0.5, 0.6) is 0 Å². The van der Waals surface area contributed by atoms with Gasteiger partial charge in [0, 0.05) is 16.1 Å². The first-order valence-corrected chi connectivity index (χ1v) is 9.41. The van der Waals surface area contributed by atoms with Crippen LogP contribution in [0.2, 0.25) is 5.02 Å². The van der Waals surface area contributed by atoms with E-state index < -0.39 is 0 Å². The normalized spacial score (nSPS) is 10.7. The minimum Gasteiger partial charge on any atom is -0.333 e. The Kier molecular flexibility index (Phi) is 4.75. The molecule has 0 aliphatic rings. The van der Waals surface area contributed by atoms with E-state index >= 15 is 0 Å². The second kappa shape index (κ2) is 7.34. The molecule has 0 radical (unpaired) electrons. The summed E-state index contributed by atoms with van der Waals surface area (Å²) in [7, 11) is 0. The maximum atomic E-state index is 12.5. The van der Waals surface area contributed by atoms with E-state index in [0.29, 0.717) is 32.9 Å². The highest BCUT2D eigenvalue weighted by atomic mass is 35.5. The predicted molar refractivity (Wildman–Crippen MR) is 107 cm³/mol. The molecule has 134 valence electrons. The molecular formula is C20H14ClN3O2S. The molecule has 1 amide bonds. The van der Waals surface area contributed by atoms with Crippen molar-refractivity contribution in [1.29, 1.82) is 0 Å². The number of benzene rings is 2. The number of halogens is 1. The second-order valence-electron chi connectivity index (χ2n) is 5.92. The Morgan fingerprint density at radius 1 is 1.15 bits per heavy atom. The van der Waals surface area contributed by atoms with Crippen molar-refractivity contribution >= 4 is 34.5 Å². The van der Waals surface area contributed by atoms with E-state index in [1.165, 1.54) is 11.3 Å². The van der Waals surface area contributed by atoms with Crippen molar-refractivity contribution < 1.29 is 9.32 Å². The molecule has 0 aliphatic carbocycles. The molecule has 2 heterocycles. The van der Waals surface area contributed by atoms with Gasteiger partial charge in [-0.2, -0.15) is 4.98 Å². The highest BCUT2D eigenvalue weighted by Gasteiger charge is 2.17. The third kappa shape index (κ3) is 3.77. The third-order valence-corrected chi connectivity index (χ3v) is 5.07. The number of aryl methyl sites for hydroxylation is 1. The molecule has 4 aromatic rings. The zero-order valence-electron chi connectivity index (χ0n) is 14.3. The molecule has 1 N–H and O–H groups in total. The lowest BCUT2D eigenvalue weighted by Crippen LogP contribution is -2.11. The zero-order valence-corrected chi connectivity index (χ0v) is 15.8. The maximum absolute atomic E-state index is 12.5. The van der Waals surface area contributed by atoms with Gasteiger partial charge in [0.25, 0.3) is 11.8 Å². The maximum Gasteiger partial charge on any atom is 0.270 e. The lowest BCUT2D eigenvalue weighted by molar-refractivity contribution is 0.102. The average molecular weight is 396 g/mol. The van der Waals surface area contributed by atoms with E-state index in [9.17, 15) is 4.79 Å². The van der Waals surface area contributed by atoms with Crippen molar-refractivity contribution in [2.45, 2.75) is 6.92 Å². The number of aromatic nitrogens is 2. The summed E-state index contributed by atoms with van der Waals surface area (Å²) >= 11 is 7.37. The first kappa shape index (κ1) is 17.5. The molecule has 0 atom stereocenters. The summed E-state index contributed by atoms with van der Waals surface area (Å²) in [4.78, 5) is 17.6. The van der Waals surface area contributed by atoms with Crippen LogP contribution in [-0.4, -0.2) is 16.0 Å². The summed E-state index contributed by atoms with van der Waals surface area (Å²) in [5.74, 6) is 0.614. The number of carbonyl (C=O) groups excluding carboxylic acids is 1. The van der Waals surface area contributed by atoms with E-state index in [1.807, 2.05) is 36.6 Å². The fourth-order valence-corrected chi connectivity index (χ4v) is 3.49. The summed E-state index contributed by atoms with van der Waals surface area (Å²) in [6.45, 7) is 2.02. The van der Waals surface area contributed by atoms with Gasteiger partial charge in [0.1, 0.15) is 4.88 Å². The first-order chi connectivity index (χ1) is 13.1. The molecule has 2 aromatic carbocycles. The third-order valence-electron chi connectivity index (χ3n) is 3.93. The topological polar surface area (TPSA) is 68.0 Å². The molecule has 0 saturated heterocycles. The number of carbonyl (C=O) groups is 1. The molecular weight excluding hydrogens is 382 g/mol. The van der Waals surface area contributed by atoms with Crippen molar-refractivity contribution in [1.82, 2.24) is 10.1 Å². The Hall–Kier alpha value is -2.96. The zero-order chi connectivity index (χ0) is 18.8. The van der Waals surface area contributed by atoms with E-state index in [2.05, 4.69) is 15.5 Å². The Labute approximate surface area is 164 Å². The van der Waals surface area contributed by atoms with E-state index in [-0.39, 0.29) is 5.91 Å². The monoisotopic (exact) mass is 395 g/mol. The Bertz CT molecular complexity index is 1100. The van der Waals surface area contributed by atoms with Gasteiger partial charge in [-0.3, -0.25) is 4.79 Å². The lowest BCUT2D eigenvalue weighted by atomic mass is 10.1. The number of amides is 1. The summed E-state index contributed by atoms with van der Waals surface area (Å²) in [5, 5.41) is 9.29. The molecule has 0 aliphatic heterocycles. The Balaban J connectivity index is 1.59. The first-order valence-electron chi connectivity index (χ1n) is 8.16. The van der Waals surface area contributed by atoms with E-state index in [0.717, 1.165) is 11.1 Å². The Morgan fingerprint density at radius 3 is 2.74 bits per heavy atom. The number of rotatable bonds is 4. The van der Waals surface area contributed by atoms with Gasteiger partial charge in [0.15, 0.2) is 0 Å². The molecule has 5 nitrogen and oxygen atoms in total. The number of hydrogen-bond donors (Lipinski definition) is 1. The van der Waals surface area contributed by atoms with Gasteiger partial charge < -0.3 is 9.84 Å². The van der Waals surface area contributed by atoms with Gasteiger partial charge in [0.2, 0.25) is 5.82 Å². The molecule has 2 aromatic heterocycles. The van der Waals surface area contributed by atoms with Crippen LogP contribution in [0.25, 0.3) is 22.2 Å². The summed E-state index contributed by atoms with van der Waals surface area (Å²) in [6.07, 6.45) is 0. The molecule has 0 spiro atoms. The van der Waals surface area contributed by atoms with Gasteiger partial charge in [-0.15, -0.1) is 11.3 Å². The fraction of sp³-hybridized carbons (Fsp3) is 0.0500. The smallest absolute Gasteiger partial charge is 0.270 e. The highest BCUT2D eigenvalue weighted by molar-refractivity contribution is 7.14. The fourth-order valence-electron chi connectivity index (χ4n) is 2.53. The van der Waals surface area contributed by atoms with Crippen LogP contribution >= 0.6 is 22.9 Å².